The minimum Gasteiger partial charge on any atom is -0.333 e. The zero-order chi connectivity index (χ0) is 13.3. The van der Waals surface area contributed by atoms with Crippen molar-refractivity contribution < 1.29 is 8.42 Å². The lowest BCUT2D eigenvalue weighted by atomic mass is 10.1. The van der Waals surface area contributed by atoms with Crippen LogP contribution in [0.4, 0.5) is 5.69 Å². The van der Waals surface area contributed by atoms with Crippen molar-refractivity contribution in [2.45, 2.75) is 18.7 Å². The van der Waals surface area contributed by atoms with Crippen LogP contribution in [-0.4, -0.2) is 19.3 Å². The lowest BCUT2D eigenvalue weighted by Gasteiger charge is -2.19. The van der Waals surface area contributed by atoms with Gasteiger partial charge in [-0.3, -0.25) is 0 Å². The molecule has 1 N–H and O–H groups in total. The van der Waals surface area contributed by atoms with E-state index in [0.717, 1.165) is 17.3 Å². The molecule has 0 spiro atoms. The molecule has 1 aliphatic rings. The van der Waals surface area contributed by atoms with Gasteiger partial charge in [0.25, 0.3) is 10.0 Å². The molecular formula is C11H11N3O2S2. The van der Waals surface area contributed by atoms with E-state index in [0.29, 0.717) is 11.3 Å². The van der Waals surface area contributed by atoms with Gasteiger partial charge < -0.3 is 5.32 Å². The molecule has 7 heteroatoms. The summed E-state index contributed by atoms with van der Waals surface area (Å²) in [6, 6.07) is 5.51. The SMILES string of the molecule is Cc1cc(C)c2c(c1)NC(SCC#N)=NS2(=O)=O. The number of aryl methyl sites for hydroxylation is 2. The summed E-state index contributed by atoms with van der Waals surface area (Å²) < 4.78 is 27.8. The first-order valence-electron chi connectivity index (χ1n) is 5.17. The van der Waals surface area contributed by atoms with Gasteiger partial charge in [0.05, 0.1) is 17.5 Å². The number of nitrogens with one attached hydrogen (secondary N) is 1. The molecule has 2 rings (SSSR count). The molecule has 1 aromatic rings. The van der Waals surface area contributed by atoms with Crippen LogP contribution in [0.25, 0.3) is 0 Å². The summed E-state index contributed by atoms with van der Waals surface area (Å²) in [7, 11) is -3.67. The second kappa shape index (κ2) is 4.63. The van der Waals surface area contributed by atoms with E-state index < -0.39 is 10.0 Å². The van der Waals surface area contributed by atoms with Crippen LogP contribution in [0.15, 0.2) is 21.4 Å². The zero-order valence-corrected chi connectivity index (χ0v) is 11.5. The number of rotatable bonds is 1. The largest absolute Gasteiger partial charge is 0.333 e. The number of anilines is 1. The molecule has 0 saturated heterocycles. The minimum absolute atomic E-state index is 0.154. The van der Waals surface area contributed by atoms with Gasteiger partial charge in [-0.15, -0.1) is 4.40 Å². The van der Waals surface area contributed by atoms with Gasteiger partial charge in [0.1, 0.15) is 4.90 Å². The highest BCUT2D eigenvalue weighted by Crippen LogP contribution is 2.33. The van der Waals surface area contributed by atoms with Crippen molar-refractivity contribution in [1.29, 1.82) is 5.26 Å². The van der Waals surface area contributed by atoms with Gasteiger partial charge >= 0.3 is 0 Å². The van der Waals surface area contributed by atoms with Crippen molar-refractivity contribution in [1.82, 2.24) is 0 Å². The van der Waals surface area contributed by atoms with Crippen LogP contribution >= 0.6 is 11.8 Å². The van der Waals surface area contributed by atoms with Gasteiger partial charge in [0.2, 0.25) is 0 Å². The quantitative estimate of drug-likeness (QED) is 0.851. The summed E-state index contributed by atoms with van der Waals surface area (Å²) in [5, 5.41) is 11.7. The number of nitrogens with zero attached hydrogens (tertiary/aromatic N) is 2. The first-order valence-corrected chi connectivity index (χ1v) is 7.59. The van der Waals surface area contributed by atoms with Crippen LogP contribution in [-0.2, 0) is 10.0 Å². The lowest BCUT2D eigenvalue weighted by molar-refractivity contribution is 0.597. The van der Waals surface area contributed by atoms with Gasteiger partial charge in [-0.1, -0.05) is 17.8 Å². The molecule has 0 saturated carbocycles. The van der Waals surface area contributed by atoms with Crippen molar-refractivity contribution in [3.63, 3.8) is 0 Å². The fourth-order valence-corrected chi connectivity index (χ4v) is 3.94. The van der Waals surface area contributed by atoms with Crippen molar-refractivity contribution in [3.8, 4) is 6.07 Å². The molecule has 0 amide bonds. The van der Waals surface area contributed by atoms with Crippen molar-refractivity contribution in [3.05, 3.63) is 23.3 Å². The molecule has 5 nitrogen and oxygen atoms in total. The zero-order valence-electron chi connectivity index (χ0n) is 9.89. The normalized spacial score (nSPS) is 16.2. The van der Waals surface area contributed by atoms with E-state index in [4.69, 9.17) is 5.26 Å². The van der Waals surface area contributed by atoms with Gasteiger partial charge in [0.15, 0.2) is 5.17 Å². The Hall–Kier alpha value is -1.52. The van der Waals surface area contributed by atoms with Crippen LogP contribution in [0.2, 0.25) is 0 Å². The van der Waals surface area contributed by atoms with Crippen LogP contribution in [0, 0.1) is 25.2 Å². The molecule has 0 unspecified atom stereocenters. The van der Waals surface area contributed by atoms with Crippen LogP contribution in [0.5, 0.6) is 0 Å². The van der Waals surface area contributed by atoms with Gasteiger partial charge in [0, 0.05) is 0 Å². The highest BCUT2D eigenvalue weighted by molar-refractivity contribution is 8.15. The summed E-state index contributed by atoms with van der Waals surface area (Å²) in [6.45, 7) is 3.64. The number of fused-ring (bicyclic) bond motifs is 1. The number of benzene rings is 1. The third kappa shape index (κ3) is 2.35. The average Bonchev–Trinajstić information content (AvgIpc) is 2.23. The highest BCUT2D eigenvalue weighted by atomic mass is 32.2. The predicted octanol–water partition coefficient (Wildman–Crippen LogP) is 2.03. The Balaban J connectivity index is 2.53. The van der Waals surface area contributed by atoms with Gasteiger partial charge in [-0.05, 0) is 31.0 Å². The van der Waals surface area contributed by atoms with Gasteiger partial charge in [-0.2, -0.15) is 13.7 Å². The smallest absolute Gasteiger partial charge is 0.287 e. The van der Waals surface area contributed by atoms with Crippen molar-refractivity contribution in [2.24, 2.45) is 4.40 Å². The van der Waals surface area contributed by atoms with Crippen molar-refractivity contribution >= 4 is 32.6 Å². The number of nitriles is 1. The van der Waals surface area contributed by atoms with E-state index in [9.17, 15) is 8.42 Å². The predicted molar refractivity (Wildman–Crippen MR) is 72.2 cm³/mol. The molecule has 0 aliphatic carbocycles. The molecule has 0 fully saturated rings. The molecule has 18 heavy (non-hydrogen) atoms. The molecule has 0 radical (unpaired) electrons. The van der Waals surface area contributed by atoms with E-state index >= 15 is 0 Å². The van der Waals surface area contributed by atoms with Gasteiger partial charge in [-0.25, -0.2) is 0 Å². The molecule has 1 aliphatic heterocycles. The Morgan fingerprint density at radius 2 is 2.17 bits per heavy atom. The minimum atomic E-state index is -3.67. The van der Waals surface area contributed by atoms with Crippen LogP contribution in [0.3, 0.4) is 0 Å². The fourth-order valence-electron chi connectivity index (χ4n) is 1.85. The topological polar surface area (TPSA) is 82.3 Å². The summed E-state index contributed by atoms with van der Waals surface area (Å²) in [5.41, 5.74) is 2.18. The number of hydrogen-bond acceptors (Lipinski definition) is 5. The molecule has 1 aromatic carbocycles. The summed E-state index contributed by atoms with van der Waals surface area (Å²) in [5.74, 6) is 0.154. The second-order valence-corrected chi connectivity index (χ2v) is 6.41. The highest BCUT2D eigenvalue weighted by Gasteiger charge is 2.27. The Labute approximate surface area is 110 Å². The molecule has 0 aromatic heterocycles. The lowest BCUT2D eigenvalue weighted by Crippen LogP contribution is -2.20. The van der Waals surface area contributed by atoms with E-state index in [2.05, 4.69) is 9.71 Å². The Morgan fingerprint density at radius 1 is 1.44 bits per heavy atom. The maximum atomic E-state index is 12.1. The number of thioether (sulfide) groups is 1. The first kappa shape index (κ1) is 12.9. The number of sulfonamides is 1. The fraction of sp³-hybridized carbons (Fsp3) is 0.273. The summed E-state index contributed by atoms with van der Waals surface area (Å²) in [4.78, 5) is 0.217. The Bertz CT molecular complexity index is 672. The first-order chi connectivity index (χ1) is 8.44. The summed E-state index contributed by atoms with van der Waals surface area (Å²) >= 11 is 1.07. The Kier molecular flexibility index (Phi) is 3.32. The standard InChI is InChI=1S/C11H11N3O2S2/c1-7-5-8(2)10-9(6-7)13-11(17-4-3-12)14-18(10,15)16/h5-6H,4H2,1-2H3,(H,13,14). The Morgan fingerprint density at radius 3 is 2.83 bits per heavy atom. The number of amidine groups is 1. The maximum absolute atomic E-state index is 12.1. The van der Waals surface area contributed by atoms with E-state index in [1.165, 1.54) is 0 Å². The third-order valence-corrected chi connectivity index (χ3v) is 4.73. The van der Waals surface area contributed by atoms with Crippen molar-refractivity contribution in [2.75, 3.05) is 11.1 Å². The molecule has 1 heterocycles. The third-order valence-electron chi connectivity index (χ3n) is 2.40. The van der Waals surface area contributed by atoms with Crippen LogP contribution < -0.4 is 5.32 Å². The molecule has 0 atom stereocenters. The van der Waals surface area contributed by atoms with Crippen LogP contribution in [0.1, 0.15) is 11.1 Å². The average molecular weight is 281 g/mol. The second-order valence-electron chi connectivity index (χ2n) is 3.90. The number of hydrogen-bond donors (Lipinski definition) is 1. The monoisotopic (exact) mass is 281 g/mol. The summed E-state index contributed by atoms with van der Waals surface area (Å²) in [6.07, 6.45) is 0. The molecule has 94 valence electrons. The molecule has 0 bridgehead atoms. The molecular weight excluding hydrogens is 270 g/mol. The maximum Gasteiger partial charge on any atom is 0.287 e. The van der Waals surface area contributed by atoms with E-state index in [1.54, 1.807) is 19.1 Å². The van der Waals surface area contributed by atoms with E-state index in [-0.39, 0.29) is 15.8 Å². The van der Waals surface area contributed by atoms with E-state index in [1.807, 2.05) is 13.0 Å².